The summed E-state index contributed by atoms with van der Waals surface area (Å²) in [5, 5.41) is 8.70. The fourth-order valence-electron chi connectivity index (χ4n) is 2.90. The number of nitrogens with zero attached hydrogens (tertiary/aromatic N) is 2. The Labute approximate surface area is 118 Å². The van der Waals surface area contributed by atoms with E-state index in [9.17, 15) is 0 Å². The molecule has 19 heavy (non-hydrogen) atoms. The highest BCUT2D eigenvalue weighted by atomic mass is 35.5. The van der Waals surface area contributed by atoms with Crippen LogP contribution in [0.5, 0.6) is 0 Å². The lowest BCUT2D eigenvalue weighted by atomic mass is 9.91. The molecule has 1 aliphatic rings. The predicted molar refractivity (Wildman–Crippen MR) is 78.5 cm³/mol. The van der Waals surface area contributed by atoms with Crippen molar-refractivity contribution in [1.82, 2.24) is 15.1 Å². The van der Waals surface area contributed by atoms with Crippen LogP contribution < -0.4 is 5.32 Å². The van der Waals surface area contributed by atoms with Crippen LogP contribution in [0.1, 0.15) is 24.5 Å². The second-order valence-electron chi connectivity index (χ2n) is 5.09. The van der Waals surface area contributed by atoms with Crippen molar-refractivity contribution in [3.8, 4) is 11.1 Å². The van der Waals surface area contributed by atoms with Crippen molar-refractivity contribution < 1.29 is 0 Å². The maximum atomic E-state index is 6.33. The summed E-state index contributed by atoms with van der Waals surface area (Å²) in [4.78, 5) is 0. The second-order valence-corrected chi connectivity index (χ2v) is 5.50. The van der Waals surface area contributed by atoms with Crippen molar-refractivity contribution in [2.24, 2.45) is 7.05 Å². The lowest BCUT2D eigenvalue weighted by molar-refractivity contribution is 0.442. The molecule has 3 rings (SSSR count). The number of rotatable bonds is 2. The summed E-state index contributed by atoms with van der Waals surface area (Å²) in [7, 11) is 2.02. The van der Waals surface area contributed by atoms with Crippen LogP contribution in [0.3, 0.4) is 0 Å². The van der Waals surface area contributed by atoms with E-state index < -0.39 is 0 Å². The molecular formula is C15H18ClN3. The molecule has 4 heteroatoms. The van der Waals surface area contributed by atoms with Gasteiger partial charge in [-0.05, 0) is 25.5 Å². The zero-order chi connectivity index (χ0) is 13.2. The summed E-state index contributed by atoms with van der Waals surface area (Å²) in [6.07, 6.45) is 4.37. The number of hydrogen-bond donors (Lipinski definition) is 1. The van der Waals surface area contributed by atoms with Crippen molar-refractivity contribution in [3.63, 3.8) is 0 Å². The zero-order valence-electron chi connectivity index (χ0n) is 11.1. The lowest BCUT2D eigenvalue weighted by Gasteiger charge is -2.24. The van der Waals surface area contributed by atoms with Gasteiger partial charge in [0.15, 0.2) is 0 Å². The average molecular weight is 276 g/mol. The fourth-order valence-corrected chi connectivity index (χ4v) is 3.14. The molecule has 100 valence electrons. The molecule has 3 nitrogen and oxygen atoms in total. The van der Waals surface area contributed by atoms with E-state index in [1.165, 1.54) is 24.1 Å². The number of aromatic nitrogens is 2. The molecule has 0 spiro atoms. The Morgan fingerprint density at radius 1 is 1.32 bits per heavy atom. The van der Waals surface area contributed by atoms with E-state index in [2.05, 4.69) is 16.5 Å². The van der Waals surface area contributed by atoms with Gasteiger partial charge in [-0.2, -0.15) is 5.10 Å². The van der Waals surface area contributed by atoms with Gasteiger partial charge in [-0.15, -0.1) is 0 Å². The number of halogens is 1. The number of hydrogen-bond acceptors (Lipinski definition) is 2. The molecule has 2 aromatic rings. The van der Waals surface area contributed by atoms with Crippen LogP contribution >= 0.6 is 11.6 Å². The van der Waals surface area contributed by atoms with Gasteiger partial charge < -0.3 is 5.32 Å². The van der Waals surface area contributed by atoms with Crippen molar-refractivity contribution in [3.05, 3.63) is 41.2 Å². The van der Waals surface area contributed by atoms with Gasteiger partial charge in [0.25, 0.3) is 0 Å². The molecule has 1 aromatic carbocycles. The summed E-state index contributed by atoms with van der Waals surface area (Å²) >= 11 is 6.33. The van der Waals surface area contributed by atoms with E-state index >= 15 is 0 Å². The summed E-state index contributed by atoms with van der Waals surface area (Å²) in [6, 6.07) is 7.99. The Hall–Kier alpha value is -1.32. The van der Waals surface area contributed by atoms with Gasteiger partial charge in [0.2, 0.25) is 0 Å². The second kappa shape index (κ2) is 5.35. The maximum absolute atomic E-state index is 6.33. The van der Waals surface area contributed by atoms with Gasteiger partial charge in [-0.1, -0.05) is 29.8 Å². The van der Waals surface area contributed by atoms with E-state index in [0.29, 0.717) is 5.92 Å². The minimum Gasteiger partial charge on any atom is -0.316 e. The van der Waals surface area contributed by atoms with Crippen molar-refractivity contribution in [1.29, 1.82) is 0 Å². The maximum Gasteiger partial charge on any atom is 0.0571 e. The quantitative estimate of drug-likeness (QED) is 0.912. The standard InChI is InChI=1S/C15H18ClN3/c1-19-15(11-5-4-8-17-9-11)13(10-18-19)12-6-2-3-7-14(12)16/h2-3,6-7,10-11,17H,4-5,8-9H2,1H3. The van der Waals surface area contributed by atoms with Crippen LogP contribution in [-0.4, -0.2) is 22.9 Å². The summed E-state index contributed by atoms with van der Waals surface area (Å²) in [6.45, 7) is 2.15. The largest absolute Gasteiger partial charge is 0.316 e. The van der Waals surface area contributed by atoms with Gasteiger partial charge in [-0.3, -0.25) is 4.68 Å². The van der Waals surface area contributed by atoms with Crippen LogP contribution in [-0.2, 0) is 7.05 Å². The normalized spacial score (nSPS) is 19.6. The number of aryl methyl sites for hydroxylation is 1. The summed E-state index contributed by atoms with van der Waals surface area (Å²) < 4.78 is 2.00. The molecule has 1 unspecified atom stereocenters. The Morgan fingerprint density at radius 2 is 2.16 bits per heavy atom. The predicted octanol–water partition coefficient (Wildman–Crippen LogP) is 3.21. The van der Waals surface area contributed by atoms with Gasteiger partial charge in [0.1, 0.15) is 0 Å². The van der Waals surface area contributed by atoms with E-state index in [0.717, 1.165) is 23.7 Å². The number of nitrogens with one attached hydrogen (secondary N) is 1. The molecule has 0 aliphatic carbocycles. The topological polar surface area (TPSA) is 29.9 Å². The van der Waals surface area contributed by atoms with Gasteiger partial charge >= 0.3 is 0 Å². The summed E-state index contributed by atoms with van der Waals surface area (Å²) in [5.41, 5.74) is 3.54. The van der Waals surface area contributed by atoms with Crippen molar-refractivity contribution in [2.75, 3.05) is 13.1 Å². The smallest absolute Gasteiger partial charge is 0.0571 e. The third-order valence-corrected chi connectivity index (χ3v) is 4.16. The summed E-state index contributed by atoms with van der Waals surface area (Å²) in [5.74, 6) is 0.521. The van der Waals surface area contributed by atoms with Crippen LogP contribution in [0.4, 0.5) is 0 Å². The third-order valence-electron chi connectivity index (χ3n) is 3.83. The molecule has 1 N–H and O–H groups in total. The first-order valence-corrected chi connectivity index (χ1v) is 7.12. The van der Waals surface area contributed by atoms with E-state index in [-0.39, 0.29) is 0 Å². The number of benzene rings is 1. The van der Waals surface area contributed by atoms with Crippen molar-refractivity contribution in [2.45, 2.75) is 18.8 Å². The Balaban J connectivity index is 2.05. The Bertz CT molecular complexity index is 571. The molecule has 0 saturated carbocycles. The molecule has 1 fully saturated rings. The monoisotopic (exact) mass is 275 g/mol. The molecular weight excluding hydrogens is 258 g/mol. The molecule has 0 amide bonds. The van der Waals surface area contributed by atoms with Crippen LogP contribution in [0.25, 0.3) is 11.1 Å². The van der Waals surface area contributed by atoms with Crippen LogP contribution in [0.2, 0.25) is 5.02 Å². The molecule has 1 atom stereocenters. The molecule has 2 heterocycles. The van der Waals surface area contributed by atoms with E-state index in [1.807, 2.05) is 36.1 Å². The highest BCUT2D eigenvalue weighted by molar-refractivity contribution is 6.33. The van der Waals surface area contributed by atoms with Gasteiger partial charge in [0, 0.05) is 35.7 Å². The number of piperidine rings is 1. The van der Waals surface area contributed by atoms with Crippen LogP contribution in [0, 0.1) is 0 Å². The van der Waals surface area contributed by atoms with Crippen LogP contribution in [0.15, 0.2) is 30.5 Å². The highest BCUT2D eigenvalue weighted by Gasteiger charge is 2.23. The molecule has 0 bridgehead atoms. The zero-order valence-corrected chi connectivity index (χ0v) is 11.8. The Morgan fingerprint density at radius 3 is 2.89 bits per heavy atom. The molecule has 1 aromatic heterocycles. The van der Waals surface area contributed by atoms with E-state index in [1.54, 1.807) is 0 Å². The van der Waals surface area contributed by atoms with Gasteiger partial charge in [0.05, 0.1) is 11.9 Å². The molecule has 1 saturated heterocycles. The van der Waals surface area contributed by atoms with Crippen molar-refractivity contribution >= 4 is 11.6 Å². The molecule has 0 radical (unpaired) electrons. The lowest BCUT2D eigenvalue weighted by Crippen LogP contribution is -2.29. The SMILES string of the molecule is Cn1ncc(-c2ccccc2Cl)c1C1CCCNC1. The van der Waals surface area contributed by atoms with Gasteiger partial charge in [-0.25, -0.2) is 0 Å². The first kappa shape index (κ1) is 12.7. The minimum atomic E-state index is 0.521. The highest BCUT2D eigenvalue weighted by Crippen LogP contribution is 2.35. The fraction of sp³-hybridized carbons (Fsp3) is 0.400. The third kappa shape index (κ3) is 2.40. The Kier molecular flexibility index (Phi) is 3.58. The average Bonchev–Trinajstić information content (AvgIpc) is 2.82. The van der Waals surface area contributed by atoms with E-state index in [4.69, 9.17) is 11.6 Å². The minimum absolute atomic E-state index is 0.521. The first-order valence-electron chi connectivity index (χ1n) is 6.75. The first-order chi connectivity index (χ1) is 9.27. The molecule has 1 aliphatic heterocycles.